The van der Waals surface area contributed by atoms with Crippen LogP contribution < -0.4 is 16.2 Å². The molecular formula is C7H8F3N3O2. The van der Waals surface area contributed by atoms with E-state index in [0.717, 1.165) is 6.20 Å². The number of hydrogen-bond donors (Lipinski definition) is 3. The Morgan fingerprint density at radius 2 is 2.07 bits per heavy atom. The first-order valence-corrected chi connectivity index (χ1v) is 3.77. The molecule has 84 valence electrons. The minimum atomic E-state index is -4.93. The molecule has 0 amide bonds. The van der Waals surface area contributed by atoms with Crippen molar-refractivity contribution in [3.63, 3.8) is 0 Å². The van der Waals surface area contributed by atoms with Crippen LogP contribution in [-0.4, -0.2) is 16.5 Å². The van der Waals surface area contributed by atoms with Gasteiger partial charge in [0.05, 0.1) is 11.9 Å². The first kappa shape index (κ1) is 11.4. The highest BCUT2D eigenvalue weighted by Gasteiger charge is 2.33. The number of nitrogen functional groups attached to an aromatic ring is 1. The zero-order chi connectivity index (χ0) is 11.6. The zero-order valence-electron chi connectivity index (χ0n) is 7.38. The number of halogens is 3. The Morgan fingerprint density at radius 3 is 2.53 bits per heavy atom. The predicted octanol–water partition coefficient (Wildman–Crippen LogP) is 0.727. The second-order valence-corrected chi connectivity index (χ2v) is 2.58. The number of ether oxygens (including phenoxy) is 1. The number of anilines is 1. The molecule has 0 atom stereocenters. The molecular weight excluding hydrogens is 215 g/mol. The van der Waals surface area contributed by atoms with Gasteiger partial charge in [-0.25, -0.2) is 0 Å². The summed E-state index contributed by atoms with van der Waals surface area (Å²) in [6, 6.07) is 0. The average Bonchev–Trinajstić information content (AvgIpc) is 2.11. The van der Waals surface area contributed by atoms with E-state index in [1.54, 1.807) is 0 Å². The van der Waals surface area contributed by atoms with E-state index >= 15 is 0 Å². The maximum Gasteiger partial charge on any atom is 0.573 e. The van der Waals surface area contributed by atoms with Crippen molar-refractivity contribution < 1.29 is 23.0 Å². The summed E-state index contributed by atoms with van der Waals surface area (Å²) in [7, 11) is 0. The molecule has 0 radical (unpaired) electrons. The van der Waals surface area contributed by atoms with Crippen molar-refractivity contribution in [1.82, 2.24) is 4.98 Å². The van der Waals surface area contributed by atoms with Gasteiger partial charge >= 0.3 is 6.36 Å². The molecule has 1 heterocycles. The van der Waals surface area contributed by atoms with Crippen LogP contribution in [0.4, 0.5) is 18.9 Å². The summed E-state index contributed by atoms with van der Waals surface area (Å²) in [5, 5.41) is 9.07. The third-order valence-corrected chi connectivity index (χ3v) is 1.54. The molecule has 0 aliphatic heterocycles. The van der Waals surface area contributed by atoms with Crippen molar-refractivity contribution in [1.29, 1.82) is 0 Å². The van der Waals surface area contributed by atoms with Gasteiger partial charge < -0.3 is 21.3 Å². The third-order valence-electron chi connectivity index (χ3n) is 1.54. The van der Waals surface area contributed by atoms with E-state index in [1.165, 1.54) is 0 Å². The lowest BCUT2D eigenvalue weighted by Gasteiger charge is -2.13. The Kier molecular flexibility index (Phi) is 2.89. The van der Waals surface area contributed by atoms with Crippen LogP contribution >= 0.6 is 0 Å². The van der Waals surface area contributed by atoms with Crippen LogP contribution in [0.1, 0.15) is 5.69 Å². The van der Waals surface area contributed by atoms with Gasteiger partial charge in [0.2, 0.25) is 0 Å². The van der Waals surface area contributed by atoms with Crippen molar-refractivity contribution in [2.24, 2.45) is 5.73 Å². The number of nitrogens with zero attached hydrogens (tertiary/aromatic N) is 1. The summed E-state index contributed by atoms with van der Waals surface area (Å²) < 4.78 is 39.2. The smallest absolute Gasteiger partial charge is 0.503 e. The number of nitrogens with two attached hydrogens (primary N) is 2. The van der Waals surface area contributed by atoms with Gasteiger partial charge in [0.25, 0.3) is 0 Å². The van der Waals surface area contributed by atoms with Crippen molar-refractivity contribution in [3.05, 3.63) is 11.9 Å². The first-order valence-electron chi connectivity index (χ1n) is 3.77. The van der Waals surface area contributed by atoms with Gasteiger partial charge in [0.15, 0.2) is 11.5 Å². The van der Waals surface area contributed by atoms with Gasteiger partial charge in [-0.05, 0) is 0 Å². The van der Waals surface area contributed by atoms with Crippen molar-refractivity contribution in [3.8, 4) is 11.5 Å². The second kappa shape index (κ2) is 3.81. The minimum Gasteiger partial charge on any atom is -0.503 e. The van der Waals surface area contributed by atoms with E-state index in [1.807, 2.05) is 0 Å². The van der Waals surface area contributed by atoms with Crippen LogP contribution in [0, 0.1) is 0 Å². The highest BCUT2D eigenvalue weighted by molar-refractivity contribution is 5.61. The molecule has 15 heavy (non-hydrogen) atoms. The Bertz CT molecular complexity index is 367. The van der Waals surface area contributed by atoms with Crippen LogP contribution in [0.25, 0.3) is 0 Å². The summed E-state index contributed by atoms with van der Waals surface area (Å²) >= 11 is 0. The van der Waals surface area contributed by atoms with Crippen molar-refractivity contribution in [2.45, 2.75) is 12.9 Å². The monoisotopic (exact) mass is 223 g/mol. The molecule has 0 aromatic carbocycles. The Labute approximate surface area is 82.5 Å². The van der Waals surface area contributed by atoms with Gasteiger partial charge in [-0.15, -0.1) is 13.2 Å². The maximum atomic E-state index is 11.9. The van der Waals surface area contributed by atoms with Crippen LogP contribution in [0.5, 0.6) is 11.5 Å². The van der Waals surface area contributed by atoms with E-state index in [4.69, 9.17) is 16.6 Å². The van der Waals surface area contributed by atoms with Crippen LogP contribution in [0.2, 0.25) is 0 Å². The molecule has 0 aliphatic carbocycles. The largest absolute Gasteiger partial charge is 0.573 e. The number of alkyl halides is 3. The lowest BCUT2D eigenvalue weighted by Crippen LogP contribution is -2.19. The molecule has 0 saturated heterocycles. The molecule has 1 aromatic heterocycles. The maximum absolute atomic E-state index is 11.9. The molecule has 0 spiro atoms. The summed E-state index contributed by atoms with van der Waals surface area (Å²) in [4.78, 5) is 3.54. The summed E-state index contributed by atoms with van der Waals surface area (Å²) in [5.41, 5.74) is 10.0. The molecule has 5 nitrogen and oxygen atoms in total. The number of aromatic hydroxyl groups is 1. The number of pyridine rings is 1. The van der Waals surface area contributed by atoms with Crippen LogP contribution in [-0.2, 0) is 6.54 Å². The molecule has 1 rings (SSSR count). The molecule has 0 bridgehead atoms. The minimum absolute atomic E-state index is 0.0204. The first-order chi connectivity index (χ1) is 6.85. The third kappa shape index (κ3) is 2.62. The van der Waals surface area contributed by atoms with Crippen LogP contribution in [0.3, 0.4) is 0 Å². The van der Waals surface area contributed by atoms with E-state index in [2.05, 4.69) is 9.72 Å². The lowest BCUT2D eigenvalue weighted by molar-refractivity contribution is -0.274. The van der Waals surface area contributed by atoms with E-state index in [0.29, 0.717) is 0 Å². The Morgan fingerprint density at radius 1 is 1.47 bits per heavy atom. The van der Waals surface area contributed by atoms with E-state index in [9.17, 15) is 13.2 Å². The van der Waals surface area contributed by atoms with Gasteiger partial charge in [0.1, 0.15) is 5.69 Å². The molecule has 0 fully saturated rings. The molecule has 0 aliphatic rings. The van der Waals surface area contributed by atoms with E-state index < -0.39 is 23.5 Å². The molecule has 0 saturated carbocycles. The van der Waals surface area contributed by atoms with Gasteiger partial charge in [-0.1, -0.05) is 0 Å². The Balaban J connectivity index is 3.15. The summed E-state index contributed by atoms with van der Waals surface area (Å²) in [6.45, 7) is -0.152. The van der Waals surface area contributed by atoms with Gasteiger partial charge in [-0.2, -0.15) is 0 Å². The van der Waals surface area contributed by atoms with E-state index in [-0.39, 0.29) is 12.2 Å². The van der Waals surface area contributed by atoms with Crippen LogP contribution in [0.15, 0.2) is 6.20 Å². The molecule has 8 heteroatoms. The summed E-state index contributed by atoms with van der Waals surface area (Å²) in [6.07, 6.45) is -4.14. The molecule has 0 unspecified atom stereocenters. The molecule has 5 N–H and O–H groups in total. The fourth-order valence-corrected chi connectivity index (χ4v) is 0.922. The second-order valence-electron chi connectivity index (χ2n) is 2.58. The van der Waals surface area contributed by atoms with Gasteiger partial charge in [0, 0.05) is 6.54 Å². The number of hydrogen-bond acceptors (Lipinski definition) is 5. The fraction of sp³-hybridized carbons (Fsp3) is 0.286. The quantitative estimate of drug-likeness (QED) is 0.686. The fourth-order valence-electron chi connectivity index (χ4n) is 0.922. The normalized spacial score (nSPS) is 11.5. The lowest BCUT2D eigenvalue weighted by atomic mass is 10.2. The topological polar surface area (TPSA) is 94.4 Å². The SMILES string of the molecule is NCc1ncc(O)c(OC(F)(F)F)c1N. The highest BCUT2D eigenvalue weighted by atomic mass is 19.4. The van der Waals surface area contributed by atoms with Gasteiger partial charge in [-0.3, -0.25) is 4.98 Å². The molecule has 1 aromatic rings. The summed E-state index contributed by atoms with van der Waals surface area (Å²) in [5.74, 6) is -1.67. The number of rotatable bonds is 2. The van der Waals surface area contributed by atoms with Crippen molar-refractivity contribution >= 4 is 5.69 Å². The van der Waals surface area contributed by atoms with Crippen molar-refractivity contribution in [2.75, 3.05) is 5.73 Å². The number of aromatic nitrogens is 1. The Hall–Kier alpha value is -1.70. The highest BCUT2D eigenvalue weighted by Crippen LogP contribution is 2.37. The average molecular weight is 223 g/mol. The zero-order valence-corrected chi connectivity index (χ0v) is 7.38. The standard InChI is InChI=1S/C7H8F3N3O2/c8-7(9,10)15-6-4(14)2-13-3(1-11)5(6)12/h2,14H,1,11-12H2. The predicted molar refractivity (Wildman–Crippen MR) is 44.9 cm³/mol.